The largest absolute Gasteiger partial charge is 0.378 e. The molecule has 0 saturated carbocycles. The summed E-state index contributed by atoms with van der Waals surface area (Å²) in [6.07, 6.45) is 2.33. The van der Waals surface area contributed by atoms with Crippen molar-refractivity contribution in [2.75, 3.05) is 60.4 Å². The first-order chi connectivity index (χ1) is 10.3. The lowest BCUT2D eigenvalue weighted by atomic mass is 10.2. The first-order valence-corrected chi connectivity index (χ1v) is 8.61. The zero-order chi connectivity index (χ0) is 14.5. The second-order valence-electron chi connectivity index (χ2n) is 5.16. The molecule has 7 nitrogen and oxygen atoms in total. The van der Waals surface area contributed by atoms with Gasteiger partial charge in [-0.2, -0.15) is 26.7 Å². The maximum Gasteiger partial charge on any atom is 0.232 e. The van der Waals surface area contributed by atoms with Crippen LogP contribution in [0.15, 0.2) is 0 Å². The zero-order valence-electron chi connectivity index (χ0n) is 12.3. The Morgan fingerprint density at radius 1 is 1.10 bits per heavy atom. The Morgan fingerprint density at radius 3 is 2.52 bits per heavy atom. The van der Waals surface area contributed by atoms with E-state index in [-0.39, 0.29) is 0 Å². The third-order valence-corrected chi connectivity index (χ3v) is 4.74. The van der Waals surface area contributed by atoms with Gasteiger partial charge in [-0.3, -0.25) is 0 Å². The smallest absolute Gasteiger partial charge is 0.232 e. The van der Waals surface area contributed by atoms with Crippen molar-refractivity contribution in [1.82, 2.24) is 15.0 Å². The van der Waals surface area contributed by atoms with E-state index in [0.717, 1.165) is 45.1 Å². The summed E-state index contributed by atoms with van der Waals surface area (Å²) in [4.78, 5) is 15.6. The summed E-state index contributed by atoms with van der Waals surface area (Å²) in [5, 5.41) is 6.48. The van der Waals surface area contributed by atoms with E-state index in [4.69, 9.17) is 4.74 Å². The third-order valence-electron chi connectivity index (χ3n) is 3.70. The van der Waals surface area contributed by atoms with Crippen LogP contribution in [0.2, 0.25) is 0 Å². The first kappa shape index (κ1) is 14.6. The minimum Gasteiger partial charge on any atom is -0.378 e. The lowest BCUT2D eigenvalue weighted by Gasteiger charge is -2.28. The van der Waals surface area contributed by atoms with Gasteiger partial charge in [0.2, 0.25) is 17.8 Å². The topological polar surface area (TPSA) is 75.2 Å². The van der Waals surface area contributed by atoms with E-state index in [1.54, 1.807) is 0 Å². The second-order valence-corrected chi connectivity index (χ2v) is 6.39. The molecule has 116 valence electrons. The van der Waals surface area contributed by atoms with E-state index in [9.17, 15) is 0 Å². The maximum atomic E-state index is 5.38. The zero-order valence-corrected chi connectivity index (χ0v) is 13.2. The van der Waals surface area contributed by atoms with Crippen LogP contribution in [0.4, 0.5) is 17.8 Å². The fourth-order valence-electron chi connectivity index (χ4n) is 2.47. The minimum atomic E-state index is 0.468. The second kappa shape index (κ2) is 7.13. The summed E-state index contributed by atoms with van der Waals surface area (Å²) in [6, 6.07) is 0.468. The molecule has 0 aliphatic carbocycles. The predicted octanol–water partition coefficient (Wildman–Crippen LogP) is 1.06. The molecule has 0 radical (unpaired) electrons. The molecule has 3 rings (SSSR count). The molecule has 2 aliphatic rings. The van der Waals surface area contributed by atoms with Crippen LogP contribution >= 0.6 is 11.8 Å². The third kappa shape index (κ3) is 3.88. The van der Waals surface area contributed by atoms with Gasteiger partial charge in [0.05, 0.1) is 13.2 Å². The van der Waals surface area contributed by atoms with Gasteiger partial charge in [-0.05, 0) is 24.3 Å². The number of nitrogens with one attached hydrogen (secondary N) is 2. The summed E-state index contributed by atoms with van der Waals surface area (Å²) in [5.74, 6) is 4.42. The van der Waals surface area contributed by atoms with Gasteiger partial charge in [-0.15, -0.1) is 0 Å². The summed E-state index contributed by atoms with van der Waals surface area (Å²) in [7, 11) is 1.83. The molecule has 0 unspecified atom stereocenters. The Kier molecular flexibility index (Phi) is 4.97. The average molecular weight is 310 g/mol. The SMILES string of the molecule is CNc1nc(NC2CCSCC2)nc(N2CCOCC2)n1. The Balaban J connectivity index is 1.75. The molecule has 0 bridgehead atoms. The van der Waals surface area contributed by atoms with Gasteiger partial charge in [0.1, 0.15) is 0 Å². The van der Waals surface area contributed by atoms with Crippen molar-refractivity contribution >= 4 is 29.6 Å². The number of nitrogens with zero attached hydrogens (tertiary/aromatic N) is 4. The van der Waals surface area contributed by atoms with Crippen molar-refractivity contribution in [3.8, 4) is 0 Å². The van der Waals surface area contributed by atoms with E-state index in [2.05, 4.69) is 30.5 Å². The van der Waals surface area contributed by atoms with Crippen molar-refractivity contribution in [2.45, 2.75) is 18.9 Å². The van der Waals surface area contributed by atoms with Crippen molar-refractivity contribution < 1.29 is 4.74 Å². The number of hydrogen-bond acceptors (Lipinski definition) is 8. The maximum absolute atomic E-state index is 5.38. The minimum absolute atomic E-state index is 0.468. The lowest BCUT2D eigenvalue weighted by Crippen LogP contribution is -2.37. The molecule has 2 aliphatic heterocycles. The molecule has 21 heavy (non-hydrogen) atoms. The molecule has 0 amide bonds. The molecular weight excluding hydrogens is 288 g/mol. The molecule has 1 aromatic rings. The van der Waals surface area contributed by atoms with Crippen LogP contribution in [-0.2, 0) is 4.74 Å². The number of anilines is 3. The Bertz CT molecular complexity index is 462. The number of morpholine rings is 1. The summed E-state index contributed by atoms with van der Waals surface area (Å²) < 4.78 is 5.38. The molecule has 0 aromatic carbocycles. The van der Waals surface area contributed by atoms with E-state index < -0.39 is 0 Å². The number of aromatic nitrogens is 3. The molecular formula is C13H22N6OS. The van der Waals surface area contributed by atoms with Crippen LogP contribution in [0.1, 0.15) is 12.8 Å². The van der Waals surface area contributed by atoms with Crippen LogP contribution in [0.25, 0.3) is 0 Å². The van der Waals surface area contributed by atoms with Crippen molar-refractivity contribution in [3.05, 3.63) is 0 Å². The highest BCUT2D eigenvalue weighted by molar-refractivity contribution is 7.99. The highest BCUT2D eigenvalue weighted by Gasteiger charge is 2.19. The van der Waals surface area contributed by atoms with E-state index in [0.29, 0.717) is 17.9 Å². The quantitative estimate of drug-likeness (QED) is 0.855. The molecule has 8 heteroatoms. The number of thioether (sulfide) groups is 1. The van der Waals surface area contributed by atoms with Crippen molar-refractivity contribution in [3.63, 3.8) is 0 Å². The molecule has 1 aromatic heterocycles. The molecule has 2 fully saturated rings. The monoisotopic (exact) mass is 310 g/mol. The summed E-state index contributed by atoms with van der Waals surface area (Å²) in [6.45, 7) is 3.10. The number of rotatable bonds is 4. The standard InChI is InChI=1S/C13H22N6OS/c1-14-11-16-12(15-10-2-8-21-9-3-10)18-13(17-11)19-4-6-20-7-5-19/h10H,2-9H2,1H3,(H2,14,15,16,17,18). The highest BCUT2D eigenvalue weighted by Crippen LogP contribution is 2.21. The van der Waals surface area contributed by atoms with Gasteiger partial charge >= 0.3 is 0 Å². The van der Waals surface area contributed by atoms with Crippen LogP contribution in [0.5, 0.6) is 0 Å². The van der Waals surface area contributed by atoms with Crippen LogP contribution in [0, 0.1) is 0 Å². The Hall–Kier alpha value is -1.28. The Labute approximate surface area is 129 Å². The molecule has 2 N–H and O–H groups in total. The predicted molar refractivity (Wildman–Crippen MR) is 86.4 cm³/mol. The van der Waals surface area contributed by atoms with E-state index in [1.807, 2.05) is 18.8 Å². The van der Waals surface area contributed by atoms with E-state index >= 15 is 0 Å². The number of hydrogen-bond donors (Lipinski definition) is 2. The van der Waals surface area contributed by atoms with Crippen LogP contribution in [-0.4, -0.2) is 65.9 Å². The summed E-state index contributed by atoms with van der Waals surface area (Å²) in [5.41, 5.74) is 0. The van der Waals surface area contributed by atoms with Gasteiger partial charge in [-0.1, -0.05) is 0 Å². The van der Waals surface area contributed by atoms with Gasteiger partial charge in [0, 0.05) is 26.2 Å². The highest BCUT2D eigenvalue weighted by atomic mass is 32.2. The average Bonchev–Trinajstić information content (AvgIpc) is 2.56. The number of ether oxygens (including phenoxy) is 1. The molecule has 2 saturated heterocycles. The van der Waals surface area contributed by atoms with Gasteiger partial charge < -0.3 is 20.3 Å². The van der Waals surface area contributed by atoms with Crippen molar-refractivity contribution in [2.24, 2.45) is 0 Å². The van der Waals surface area contributed by atoms with E-state index in [1.165, 1.54) is 11.5 Å². The van der Waals surface area contributed by atoms with Gasteiger partial charge in [-0.25, -0.2) is 0 Å². The van der Waals surface area contributed by atoms with Gasteiger partial charge in [0.25, 0.3) is 0 Å². The molecule has 0 atom stereocenters. The van der Waals surface area contributed by atoms with Crippen LogP contribution in [0.3, 0.4) is 0 Å². The Morgan fingerprint density at radius 2 is 1.81 bits per heavy atom. The molecule has 0 spiro atoms. The van der Waals surface area contributed by atoms with Crippen molar-refractivity contribution in [1.29, 1.82) is 0 Å². The molecule has 3 heterocycles. The first-order valence-electron chi connectivity index (χ1n) is 7.46. The van der Waals surface area contributed by atoms with Gasteiger partial charge in [0.15, 0.2) is 0 Å². The fourth-order valence-corrected chi connectivity index (χ4v) is 3.58. The summed E-state index contributed by atoms with van der Waals surface area (Å²) >= 11 is 2.02. The van der Waals surface area contributed by atoms with Crippen LogP contribution < -0.4 is 15.5 Å². The fraction of sp³-hybridized carbons (Fsp3) is 0.769. The normalized spacial score (nSPS) is 20.3. The lowest BCUT2D eigenvalue weighted by molar-refractivity contribution is 0.122.